The van der Waals surface area contributed by atoms with Crippen LogP contribution in [0.2, 0.25) is 5.02 Å². The Hall–Kier alpha value is -1.59. The van der Waals surface area contributed by atoms with Crippen molar-refractivity contribution in [2.75, 3.05) is 6.61 Å². The first-order valence-corrected chi connectivity index (χ1v) is 6.64. The number of halogens is 1. The molecule has 0 saturated heterocycles. The number of benzene rings is 1. The summed E-state index contributed by atoms with van der Waals surface area (Å²) in [5.74, 6) is 0.630. The SMILES string of the molecule is NC(=S)c1c(Cl)cccc1OCCCn1ccnc1. The van der Waals surface area contributed by atoms with Crippen molar-refractivity contribution in [1.29, 1.82) is 0 Å². The summed E-state index contributed by atoms with van der Waals surface area (Å²) in [5.41, 5.74) is 6.25. The molecule has 100 valence electrons. The molecule has 0 atom stereocenters. The van der Waals surface area contributed by atoms with E-state index in [2.05, 4.69) is 4.98 Å². The van der Waals surface area contributed by atoms with Crippen molar-refractivity contribution < 1.29 is 4.74 Å². The molecule has 0 bridgehead atoms. The van der Waals surface area contributed by atoms with Gasteiger partial charge >= 0.3 is 0 Å². The molecule has 0 saturated carbocycles. The highest BCUT2D eigenvalue weighted by Gasteiger charge is 2.10. The lowest BCUT2D eigenvalue weighted by Gasteiger charge is -2.12. The second kappa shape index (κ2) is 6.54. The van der Waals surface area contributed by atoms with Crippen LogP contribution in [0.25, 0.3) is 0 Å². The van der Waals surface area contributed by atoms with E-state index in [4.69, 9.17) is 34.3 Å². The van der Waals surface area contributed by atoms with Crippen LogP contribution in [0.3, 0.4) is 0 Å². The van der Waals surface area contributed by atoms with Crippen molar-refractivity contribution in [1.82, 2.24) is 9.55 Å². The Kier molecular flexibility index (Phi) is 4.76. The molecule has 0 fully saturated rings. The van der Waals surface area contributed by atoms with Crippen molar-refractivity contribution in [3.63, 3.8) is 0 Å². The van der Waals surface area contributed by atoms with Gasteiger partial charge in [-0.1, -0.05) is 29.9 Å². The smallest absolute Gasteiger partial charge is 0.130 e. The van der Waals surface area contributed by atoms with E-state index in [1.807, 2.05) is 22.9 Å². The molecule has 0 amide bonds. The minimum atomic E-state index is 0.246. The molecule has 4 nitrogen and oxygen atoms in total. The number of ether oxygens (including phenoxy) is 1. The monoisotopic (exact) mass is 295 g/mol. The van der Waals surface area contributed by atoms with Gasteiger partial charge in [-0.3, -0.25) is 0 Å². The van der Waals surface area contributed by atoms with Gasteiger partial charge in [0.15, 0.2) is 0 Å². The molecule has 1 heterocycles. The van der Waals surface area contributed by atoms with Crippen molar-refractivity contribution >= 4 is 28.8 Å². The van der Waals surface area contributed by atoms with Gasteiger partial charge in [0.1, 0.15) is 10.7 Å². The number of rotatable bonds is 6. The predicted octanol–water partition coefficient (Wildman–Crippen LogP) is 2.64. The van der Waals surface area contributed by atoms with Crippen LogP contribution in [0, 0.1) is 0 Å². The normalized spacial score (nSPS) is 10.4. The topological polar surface area (TPSA) is 53.1 Å². The quantitative estimate of drug-likeness (QED) is 0.657. The van der Waals surface area contributed by atoms with Crippen LogP contribution in [-0.2, 0) is 6.54 Å². The van der Waals surface area contributed by atoms with Crippen LogP contribution >= 0.6 is 23.8 Å². The molecule has 1 aromatic carbocycles. The molecule has 0 aliphatic heterocycles. The number of hydrogen-bond donors (Lipinski definition) is 1. The number of imidazole rings is 1. The number of thiocarbonyl (C=S) groups is 1. The van der Waals surface area contributed by atoms with E-state index >= 15 is 0 Å². The zero-order valence-electron chi connectivity index (χ0n) is 10.3. The van der Waals surface area contributed by atoms with E-state index in [-0.39, 0.29) is 4.99 Å². The van der Waals surface area contributed by atoms with Gasteiger partial charge in [-0.25, -0.2) is 4.98 Å². The Bertz CT molecular complexity index is 557. The Balaban J connectivity index is 1.92. The summed E-state index contributed by atoms with van der Waals surface area (Å²) >= 11 is 11.0. The highest BCUT2D eigenvalue weighted by molar-refractivity contribution is 7.80. The van der Waals surface area contributed by atoms with Crippen LogP contribution < -0.4 is 10.5 Å². The molecule has 0 spiro atoms. The fraction of sp³-hybridized carbons (Fsp3) is 0.231. The molecular weight excluding hydrogens is 282 g/mol. The van der Waals surface area contributed by atoms with Crippen LogP contribution in [0.4, 0.5) is 0 Å². The summed E-state index contributed by atoms with van der Waals surface area (Å²) in [6.07, 6.45) is 6.31. The Morgan fingerprint density at radius 1 is 1.47 bits per heavy atom. The number of nitrogens with zero attached hydrogens (tertiary/aromatic N) is 2. The molecule has 0 radical (unpaired) electrons. The molecule has 0 unspecified atom stereocenters. The van der Waals surface area contributed by atoms with E-state index in [9.17, 15) is 0 Å². The Morgan fingerprint density at radius 2 is 2.32 bits per heavy atom. The van der Waals surface area contributed by atoms with Gasteiger partial charge in [0.05, 0.1) is 23.5 Å². The zero-order chi connectivity index (χ0) is 13.7. The van der Waals surface area contributed by atoms with Crippen molar-refractivity contribution in [3.8, 4) is 5.75 Å². The molecule has 6 heteroatoms. The van der Waals surface area contributed by atoms with Crippen molar-refractivity contribution in [2.45, 2.75) is 13.0 Å². The lowest BCUT2D eigenvalue weighted by Crippen LogP contribution is -2.13. The van der Waals surface area contributed by atoms with Gasteiger partial charge in [0.2, 0.25) is 0 Å². The second-order valence-corrected chi connectivity index (χ2v) is 4.83. The maximum Gasteiger partial charge on any atom is 0.130 e. The molecule has 1 aromatic heterocycles. The predicted molar refractivity (Wildman–Crippen MR) is 79.7 cm³/mol. The van der Waals surface area contributed by atoms with E-state index in [1.165, 1.54) is 0 Å². The lowest BCUT2D eigenvalue weighted by molar-refractivity contribution is 0.301. The second-order valence-electron chi connectivity index (χ2n) is 3.98. The summed E-state index contributed by atoms with van der Waals surface area (Å²) < 4.78 is 7.69. The summed E-state index contributed by atoms with van der Waals surface area (Å²) in [6.45, 7) is 1.41. The van der Waals surface area contributed by atoms with Gasteiger partial charge in [0, 0.05) is 18.9 Å². The van der Waals surface area contributed by atoms with Gasteiger partial charge in [-0.05, 0) is 18.6 Å². The van der Waals surface area contributed by atoms with Crippen molar-refractivity contribution in [3.05, 3.63) is 47.5 Å². The van der Waals surface area contributed by atoms with Crippen LogP contribution in [0.15, 0.2) is 36.9 Å². The third-order valence-corrected chi connectivity index (χ3v) is 3.12. The summed E-state index contributed by atoms with van der Waals surface area (Å²) in [7, 11) is 0. The van der Waals surface area contributed by atoms with Crippen molar-refractivity contribution in [2.24, 2.45) is 5.73 Å². The molecule has 0 aliphatic rings. The van der Waals surface area contributed by atoms with Crippen LogP contribution in [-0.4, -0.2) is 21.1 Å². The number of hydrogen-bond acceptors (Lipinski definition) is 3. The Morgan fingerprint density at radius 3 is 3.00 bits per heavy atom. The number of aryl methyl sites for hydroxylation is 1. The van der Waals surface area contributed by atoms with Gasteiger partial charge < -0.3 is 15.0 Å². The third-order valence-electron chi connectivity index (χ3n) is 2.60. The summed E-state index contributed by atoms with van der Waals surface area (Å²) in [6, 6.07) is 5.38. The van der Waals surface area contributed by atoms with Gasteiger partial charge in [-0.15, -0.1) is 0 Å². The first-order chi connectivity index (χ1) is 9.18. The molecule has 19 heavy (non-hydrogen) atoms. The molecule has 2 N–H and O–H groups in total. The van der Waals surface area contributed by atoms with E-state index in [0.29, 0.717) is 22.9 Å². The summed E-state index contributed by atoms with van der Waals surface area (Å²) in [5, 5.41) is 0.514. The first-order valence-electron chi connectivity index (χ1n) is 5.85. The summed E-state index contributed by atoms with van der Waals surface area (Å²) in [4.78, 5) is 4.22. The van der Waals surface area contributed by atoms with E-state index < -0.39 is 0 Å². The maximum absolute atomic E-state index is 6.06. The molecule has 2 rings (SSSR count). The Labute approximate surface area is 122 Å². The standard InChI is InChI=1S/C13H14ClN3OS/c14-10-3-1-4-11(12(10)13(15)19)18-8-2-6-17-7-5-16-9-17/h1,3-5,7,9H,2,6,8H2,(H2,15,19). The third kappa shape index (κ3) is 3.68. The van der Waals surface area contributed by atoms with E-state index in [0.717, 1.165) is 13.0 Å². The van der Waals surface area contributed by atoms with Crippen LogP contribution in [0.1, 0.15) is 12.0 Å². The van der Waals surface area contributed by atoms with E-state index in [1.54, 1.807) is 18.6 Å². The zero-order valence-corrected chi connectivity index (χ0v) is 11.8. The maximum atomic E-state index is 6.06. The molecule has 0 aliphatic carbocycles. The average Bonchev–Trinajstić information content (AvgIpc) is 2.87. The largest absolute Gasteiger partial charge is 0.493 e. The minimum Gasteiger partial charge on any atom is -0.493 e. The fourth-order valence-corrected chi connectivity index (χ4v) is 2.25. The molecule has 2 aromatic rings. The van der Waals surface area contributed by atoms with Gasteiger partial charge in [-0.2, -0.15) is 0 Å². The highest BCUT2D eigenvalue weighted by Crippen LogP contribution is 2.26. The fourth-order valence-electron chi connectivity index (χ4n) is 1.71. The first kappa shape index (κ1) is 13.8. The lowest BCUT2D eigenvalue weighted by atomic mass is 10.2. The average molecular weight is 296 g/mol. The van der Waals surface area contributed by atoms with Crippen LogP contribution in [0.5, 0.6) is 5.75 Å². The number of nitrogens with two attached hydrogens (primary N) is 1. The minimum absolute atomic E-state index is 0.246. The number of aromatic nitrogens is 2. The molecular formula is C13H14ClN3OS. The highest BCUT2D eigenvalue weighted by atomic mass is 35.5. The van der Waals surface area contributed by atoms with Gasteiger partial charge in [0.25, 0.3) is 0 Å².